The molecular formula is C24H28N4O2. The summed E-state index contributed by atoms with van der Waals surface area (Å²) in [6, 6.07) is 7.82. The molecule has 0 aliphatic heterocycles. The van der Waals surface area contributed by atoms with E-state index in [0.29, 0.717) is 17.1 Å². The SMILES string of the molecule is CCC(CC)c1cc(C)nn2c(-c3c(C)oc4c(C(=O)NC)cccc34)c(C)nc12. The molecule has 1 aromatic carbocycles. The summed E-state index contributed by atoms with van der Waals surface area (Å²) in [6.07, 6.45) is 2.11. The third-order valence-corrected chi connectivity index (χ3v) is 5.93. The van der Waals surface area contributed by atoms with Gasteiger partial charge in [-0.05, 0) is 51.7 Å². The summed E-state index contributed by atoms with van der Waals surface area (Å²) in [7, 11) is 1.62. The second-order valence-corrected chi connectivity index (χ2v) is 7.83. The molecule has 3 heterocycles. The van der Waals surface area contributed by atoms with E-state index in [1.807, 2.05) is 37.4 Å². The number of rotatable bonds is 5. The number of para-hydroxylation sites is 1. The van der Waals surface area contributed by atoms with Crippen LogP contribution >= 0.6 is 0 Å². The van der Waals surface area contributed by atoms with Crippen molar-refractivity contribution in [2.75, 3.05) is 7.05 Å². The predicted octanol–water partition coefficient (Wildman–Crippen LogP) is 5.33. The van der Waals surface area contributed by atoms with Gasteiger partial charge < -0.3 is 9.73 Å². The van der Waals surface area contributed by atoms with E-state index in [-0.39, 0.29) is 5.91 Å². The van der Waals surface area contributed by atoms with Crippen molar-refractivity contribution in [2.45, 2.75) is 53.4 Å². The normalized spacial score (nSPS) is 11.7. The Bertz CT molecular complexity index is 1260. The summed E-state index contributed by atoms with van der Waals surface area (Å²) >= 11 is 0. The highest BCUT2D eigenvalue weighted by atomic mass is 16.3. The maximum Gasteiger partial charge on any atom is 0.254 e. The van der Waals surface area contributed by atoms with Crippen molar-refractivity contribution in [1.29, 1.82) is 0 Å². The zero-order valence-electron chi connectivity index (χ0n) is 18.5. The number of amides is 1. The van der Waals surface area contributed by atoms with Crippen LogP contribution in [0.25, 0.3) is 27.9 Å². The Morgan fingerprint density at radius 2 is 1.93 bits per heavy atom. The molecule has 0 atom stereocenters. The van der Waals surface area contributed by atoms with E-state index in [9.17, 15) is 4.79 Å². The number of nitrogens with zero attached hydrogens (tertiary/aromatic N) is 3. The van der Waals surface area contributed by atoms with E-state index in [2.05, 4.69) is 25.2 Å². The molecular weight excluding hydrogens is 376 g/mol. The van der Waals surface area contributed by atoms with E-state index < -0.39 is 0 Å². The number of hydrogen-bond acceptors (Lipinski definition) is 4. The third-order valence-electron chi connectivity index (χ3n) is 5.93. The van der Waals surface area contributed by atoms with Crippen LogP contribution in [0.4, 0.5) is 0 Å². The van der Waals surface area contributed by atoms with Crippen molar-refractivity contribution in [3.05, 3.63) is 52.5 Å². The molecule has 0 spiro atoms. The average molecular weight is 405 g/mol. The predicted molar refractivity (Wildman–Crippen MR) is 119 cm³/mol. The lowest BCUT2D eigenvalue weighted by molar-refractivity contribution is 0.0963. The van der Waals surface area contributed by atoms with Gasteiger partial charge in [-0.2, -0.15) is 5.10 Å². The minimum atomic E-state index is -0.166. The highest BCUT2D eigenvalue weighted by molar-refractivity contribution is 6.08. The van der Waals surface area contributed by atoms with Gasteiger partial charge >= 0.3 is 0 Å². The van der Waals surface area contributed by atoms with Gasteiger partial charge in [-0.15, -0.1) is 0 Å². The van der Waals surface area contributed by atoms with E-state index in [4.69, 9.17) is 14.5 Å². The molecule has 1 amide bonds. The van der Waals surface area contributed by atoms with Gasteiger partial charge in [0.2, 0.25) is 0 Å². The van der Waals surface area contributed by atoms with Crippen LogP contribution in [0.2, 0.25) is 0 Å². The van der Waals surface area contributed by atoms with Crippen molar-refractivity contribution < 1.29 is 9.21 Å². The Labute approximate surface area is 176 Å². The number of hydrogen-bond donors (Lipinski definition) is 1. The summed E-state index contributed by atoms with van der Waals surface area (Å²) in [4.78, 5) is 17.3. The number of fused-ring (bicyclic) bond motifs is 2. The van der Waals surface area contributed by atoms with E-state index >= 15 is 0 Å². The zero-order valence-corrected chi connectivity index (χ0v) is 18.5. The minimum Gasteiger partial charge on any atom is -0.460 e. The zero-order chi connectivity index (χ0) is 21.6. The first kappa shape index (κ1) is 20.1. The van der Waals surface area contributed by atoms with Gasteiger partial charge in [-0.25, -0.2) is 9.50 Å². The molecule has 0 saturated heterocycles. The topological polar surface area (TPSA) is 72.4 Å². The second kappa shape index (κ2) is 7.59. The Kier molecular flexibility index (Phi) is 5.10. The van der Waals surface area contributed by atoms with Crippen molar-refractivity contribution in [3.63, 3.8) is 0 Å². The number of aryl methyl sites for hydroxylation is 3. The lowest BCUT2D eigenvalue weighted by Gasteiger charge is -2.14. The summed E-state index contributed by atoms with van der Waals surface area (Å²) in [5, 5.41) is 8.40. The number of furan rings is 1. The molecule has 3 aromatic heterocycles. The van der Waals surface area contributed by atoms with Crippen molar-refractivity contribution >= 4 is 22.5 Å². The third kappa shape index (κ3) is 2.98. The number of aromatic nitrogens is 3. The van der Waals surface area contributed by atoms with Crippen LogP contribution in [0.15, 0.2) is 28.7 Å². The van der Waals surface area contributed by atoms with Crippen molar-refractivity contribution in [3.8, 4) is 11.3 Å². The number of nitrogens with one attached hydrogen (secondary N) is 1. The van der Waals surface area contributed by atoms with Crippen LogP contribution in [0, 0.1) is 20.8 Å². The molecule has 4 rings (SSSR count). The first-order valence-electron chi connectivity index (χ1n) is 10.5. The molecule has 6 heteroatoms. The fourth-order valence-electron chi connectivity index (χ4n) is 4.44. The minimum absolute atomic E-state index is 0.166. The van der Waals surface area contributed by atoms with Crippen LogP contribution in [0.5, 0.6) is 0 Å². The van der Waals surface area contributed by atoms with Crippen LogP contribution in [0.3, 0.4) is 0 Å². The number of imidazole rings is 1. The second-order valence-electron chi connectivity index (χ2n) is 7.83. The molecule has 156 valence electrons. The van der Waals surface area contributed by atoms with E-state index in [1.165, 1.54) is 5.56 Å². The summed E-state index contributed by atoms with van der Waals surface area (Å²) in [6.45, 7) is 10.4. The van der Waals surface area contributed by atoms with Gasteiger partial charge in [0.15, 0.2) is 5.65 Å². The molecule has 0 saturated carbocycles. The molecule has 0 aliphatic rings. The largest absolute Gasteiger partial charge is 0.460 e. The lowest BCUT2D eigenvalue weighted by Crippen LogP contribution is -2.17. The molecule has 0 unspecified atom stereocenters. The highest BCUT2D eigenvalue weighted by Gasteiger charge is 2.25. The molecule has 0 aliphatic carbocycles. The lowest BCUT2D eigenvalue weighted by atomic mass is 9.95. The molecule has 0 fully saturated rings. The van der Waals surface area contributed by atoms with Gasteiger partial charge in [0.1, 0.15) is 11.3 Å². The van der Waals surface area contributed by atoms with Crippen molar-refractivity contribution in [2.24, 2.45) is 0 Å². The number of carbonyl (C=O) groups excluding carboxylic acids is 1. The fourth-order valence-corrected chi connectivity index (χ4v) is 4.44. The van der Waals surface area contributed by atoms with E-state index in [1.54, 1.807) is 13.1 Å². The molecule has 30 heavy (non-hydrogen) atoms. The summed E-state index contributed by atoms with van der Waals surface area (Å²) < 4.78 is 8.06. The van der Waals surface area contributed by atoms with Gasteiger partial charge in [-0.3, -0.25) is 4.79 Å². The van der Waals surface area contributed by atoms with Crippen LogP contribution < -0.4 is 5.32 Å². The number of carbonyl (C=O) groups is 1. The first-order valence-corrected chi connectivity index (χ1v) is 10.5. The van der Waals surface area contributed by atoms with Gasteiger partial charge in [-0.1, -0.05) is 26.0 Å². The quantitative estimate of drug-likeness (QED) is 0.488. The van der Waals surface area contributed by atoms with Gasteiger partial charge in [0.25, 0.3) is 5.91 Å². The smallest absolute Gasteiger partial charge is 0.254 e. The molecule has 0 radical (unpaired) electrons. The summed E-state index contributed by atoms with van der Waals surface area (Å²) in [5.41, 5.74) is 6.97. The first-order chi connectivity index (χ1) is 14.4. The van der Waals surface area contributed by atoms with Gasteiger partial charge in [0, 0.05) is 18.0 Å². The Balaban J connectivity index is 2.06. The molecule has 0 bridgehead atoms. The Hall–Kier alpha value is -3.15. The fraction of sp³-hybridized carbons (Fsp3) is 0.375. The van der Waals surface area contributed by atoms with E-state index in [0.717, 1.165) is 52.3 Å². The standard InChI is InChI=1S/C24H28N4O2/c1-7-16(8-2)19-12-13(3)27-28-21(14(4)26-23(19)28)20-15(5)30-22-17(20)10-9-11-18(22)24(29)25-6/h9-12,16H,7-8H2,1-6H3,(H,25,29). The Morgan fingerprint density at radius 3 is 2.60 bits per heavy atom. The average Bonchev–Trinajstić information content (AvgIpc) is 3.23. The molecule has 4 aromatic rings. The maximum absolute atomic E-state index is 12.3. The molecule has 1 N–H and O–H groups in total. The van der Waals surface area contributed by atoms with Crippen LogP contribution in [-0.4, -0.2) is 27.6 Å². The monoisotopic (exact) mass is 404 g/mol. The highest BCUT2D eigenvalue weighted by Crippen LogP contribution is 2.39. The van der Waals surface area contributed by atoms with Gasteiger partial charge in [0.05, 0.1) is 28.2 Å². The van der Waals surface area contributed by atoms with Crippen LogP contribution in [0.1, 0.15) is 65.7 Å². The van der Waals surface area contributed by atoms with Crippen molar-refractivity contribution in [1.82, 2.24) is 19.9 Å². The maximum atomic E-state index is 12.3. The van der Waals surface area contributed by atoms with Crippen LogP contribution in [-0.2, 0) is 0 Å². The number of benzene rings is 1. The Morgan fingerprint density at radius 1 is 1.20 bits per heavy atom. The summed E-state index contributed by atoms with van der Waals surface area (Å²) in [5.74, 6) is 1.02. The molecule has 6 nitrogen and oxygen atoms in total.